The van der Waals surface area contributed by atoms with E-state index in [0.29, 0.717) is 19.5 Å². The van der Waals surface area contributed by atoms with E-state index in [2.05, 4.69) is 36.3 Å². The van der Waals surface area contributed by atoms with Gasteiger partial charge in [-0.05, 0) is 42.2 Å². The van der Waals surface area contributed by atoms with Crippen LogP contribution in [0.2, 0.25) is 0 Å². The molecule has 0 unspecified atom stereocenters. The van der Waals surface area contributed by atoms with Gasteiger partial charge in [0.05, 0.1) is 0 Å². The monoisotopic (exact) mass is 378 g/mol. The molecule has 1 aliphatic rings. The van der Waals surface area contributed by atoms with Crippen LogP contribution < -0.4 is 9.47 Å². The molecule has 5 heteroatoms. The molecule has 0 spiro atoms. The third-order valence-corrected chi connectivity index (χ3v) is 5.23. The minimum absolute atomic E-state index is 0.208. The zero-order chi connectivity index (χ0) is 19.3. The van der Waals surface area contributed by atoms with Crippen molar-refractivity contribution < 1.29 is 14.3 Å². The Hall–Kier alpha value is -2.95. The highest BCUT2D eigenvalue weighted by Gasteiger charge is 2.18. The van der Waals surface area contributed by atoms with Crippen molar-refractivity contribution in [1.29, 1.82) is 0 Å². The van der Waals surface area contributed by atoms with E-state index in [4.69, 9.17) is 9.47 Å². The van der Waals surface area contributed by atoms with Crippen molar-refractivity contribution in [3.63, 3.8) is 0 Å². The highest BCUT2D eigenvalue weighted by molar-refractivity contribution is 5.83. The van der Waals surface area contributed by atoms with Gasteiger partial charge in [0.2, 0.25) is 12.7 Å². The standard InChI is InChI=1S/C23H26N2O3/c1-2-3-8-23(26)25(15-17-9-10-21-22(13-17)28-16-27-21)12-11-18-14-24-20-7-5-4-6-19(18)20/h4-7,9-10,13-14,24H,2-3,8,11-12,15-16H2,1H3. The average Bonchev–Trinajstić information content (AvgIpc) is 3.35. The molecule has 1 aliphatic heterocycles. The number of H-pyrrole nitrogens is 1. The smallest absolute Gasteiger partial charge is 0.231 e. The number of fused-ring (bicyclic) bond motifs is 2. The zero-order valence-corrected chi connectivity index (χ0v) is 16.2. The first kappa shape index (κ1) is 18.4. The second kappa shape index (κ2) is 8.38. The summed E-state index contributed by atoms with van der Waals surface area (Å²) in [6.07, 6.45) is 5.41. The molecule has 4 rings (SSSR count). The molecule has 0 radical (unpaired) electrons. The Morgan fingerprint density at radius 2 is 2.00 bits per heavy atom. The van der Waals surface area contributed by atoms with Gasteiger partial charge in [0.15, 0.2) is 11.5 Å². The number of hydrogen-bond acceptors (Lipinski definition) is 3. The van der Waals surface area contributed by atoms with E-state index in [0.717, 1.165) is 41.8 Å². The number of benzene rings is 2. The Morgan fingerprint density at radius 3 is 2.89 bits per heavy atom. The van der Waals surface area contributed by atoms with Crippen LogP contribution in [0.25, 0.3) is 10.9 Å². The van der Waals surface area contributed by atoms with Gasteiger partial charge in [-0.1, -0.05) is 37.6 Å². The normalized spacial score (nSPS) is 12.5. The number of unbranched alkanes of at least 4 members (excludes halogenated alkanes) is 1. The number of rotatable bonds is 8. The molecule has 2 aromatic carbocycles. The molecule has 0 aliphatic carbocycles. The number of carbonyl (C=O) groups excluding carboxylic acids is 1. The first-order valence-electron chi connectivity index (χ1n) is 9.96. The van der Waals surface area contributed by atoms with Crippen LogP contribution in [-0.4, -0.2) is 29.1 Å². The molecule has 0 saturated carbocycles. The lowest BCUT2D eigenvalue weighted by Crippen LogP contribution is -2.32. The van der Waals surface area contributed by atoms with Gasteiger partial charge >= 0.3 is 0 Å². The molecule has 1 N–H and O–H groups in total. The number of nitrogens with one attached hydrogen (secondary N) is 1. The van der Waals surface area contributed by atoms with Crippen molar-refractivity contribution in [2.75, 3.05) is 13.3 Å². The Balaban J connectivity index is 1.49. The van der Waals surface area contributed by atoms with E-state index in [1.54, 1.807) is 0 Å². The van der Waals surface area contributed by atoms with Crippen LogP contribution in [0.5, 0.6) is 11.5 Å². The maximum atomic E-state index is 12.8. The molecule has 146 valence electrons. The molecule has 28 heavy (non-hydrogen) atoms. The molecule has 0 saturated heterocycles. The number of para-hydroxylation sites is 1. The van der Waals surface area contributed by atoms with Gasteiger partial charge in [0.25, 0.3) is 0 Å². The Bertz CT molecular complexity index is 963. The summed E-state index contributed by atoms with van der Waals surface area (Å²) < 4.78 is 10.9. The van der Waals surface area contributed by atoms with E-state index >= 15 is 0 Å². The Labute approximate surface area is 165 Å². The van der Waals surface area contributed by atoms with Crippen molar-refractivity contribution in [2.24, 2.45) is 0 Å². The van der Waals surface area contributed by atoms with Crippen LogP contribution in [0.3, 0.4) is 0 Å². The number of aromatic nitrogens is 1. The lowest BCUT2D eigenvalue weighted by Gasteiger charge is -2.23. The summed E-state index contributed by atoms with van der Waals surface area (Å²) in [6.45, 7) is 3.65. The largest absolute Gasteiger partial charge is 0.454 e. The van der Waals surface area contributed by atoms with E-state index in [1.165, 1.54) is 10.9 Å². The second-order valence-corrected chi connectivity index (χ2v) is 7.22. The predicted octanol–water partition coefficient (Wildman–Crippen LogP) is 4.66. The molecule has 1 aromatic heterocycles. The quantitative estimate of drug-likeness (QED) is 0.620. The Morgan fingerprint density at radius 1 is 1.14 bits per heavy atom. The molecule has 5 nitrogen and oxygen atoms in total. The summed E-state index contributed by atoms with van der Waals surface area (Å²) in [5, 5.41) is 1.23. The number of ether oxygens (including phenoxy) is 2. The average molecular weight is 378 g/mol. The van der Waals surface area contributed by atoms with Gasteiger partial charge in [-0.2, -0.15) is 0 Å². The summed E-state index contributed by atoms with van der Waals surface area (Å²) in [6, 6.07) is 14.2. The van der Waals surface area contributed by atoms with Crippen molar-refractivity contribution >= 4 is 16.8 Å². The van der Waals surface area contributed by atoms with E-state index in [9.17, 15) is 4.79 Å². The molecular weight excluding hydrogens is 352 g/mol. The molecule has 3 aromatic rings. The molecular formula is C23H26N2O3. The first-order chi connectivity index (χ1) is 13.7. The maximum absolute atomic E-state index is 12.8. The third kappa shape index (κ3) is 3.98. The molecule has 0 bridgehead atoms. The van der Waals surface area contributed by atoms with Crippen LogP contribution in [-0.2, 0) is 17.8 Å². The van der Waals surface area contributed by atoms with E-state index < -0.39 is 0 Å². The fourth-order valence-corrected chi connectivity index (χ4v) is 3.63. The number of amides is 1. The molecule has 0 fully saturated rings. The van der Waals surface area contributed by atoms with Gasteiger partial charge in [0, 0.05) is 36.6 Å². The minimum atomic E-state index is 0.208. The summed E-state index contributed by atoms with van der Waals surface area (Å²) in [5.41, 5.74) is 3.44. The summed E-state index contributed by atoms with van der Waals surface area (Å²) in [5.74, 6) is 1.74. The van der Waals surface area contributed by atoms with Crippen LogP contribution in [0.1, 0.15) is 37.3 Å². The minimum Gasteiger partial charge on any atom is -0.454 e. The fraction of sp³-hybridized carbons (Fsp3) is 0.348. The van der Waals surface area contributed by atoms with Crippen LogP contribution >= 0.6 is 0 Å². The predicted molar refractivity (Wildman–Crippen MR) is 110 cm³/mol. The lowest BCUT2D eigenvalue weighted by molar-refractivity contribution is -0.131. The van der Waals surface area contributed by atoms with Gasteiger partial charge in [-0.25, -0.2) is 0 Å². The first-order valence-corrected chi connectivity index (χ1v) is 9.96. The molecule has 2 heterocycles. The number of hydrogen-bond donors (Lipinski definition) is 1. The number of carbonyl (C=O) groups is 1. The zero-order valence-electron chi connectivity index (χ0n) is 16.2. The topological polar surface area (TPSA) is 54.6 Å². The maximum Gasteiger partial charge on any atom is 0.231 e. The molecule has 0 atom stereocenters. The summed E-state index contributed by atoms with van der Waals surface area (Å²) in [4.78, 5) is 18.1. The van der Waals surface area contributed by atoms with Gasteiger partial charge in [0.1, 0.15) is 0 Å². The van der Waals surface area contributed by atoms with Crippen LogP contribution in [0, 0.1) is 0 Å². The number of nitrogens with zero attached hydrogens (tertiary/aromatic N) is 1. The van der Waals surface area contributed by atoms with Crippen molar-refractivity contribution in [3.05, 3.63) is 59.8 Å². The highest BCUT2D eigenvalue weighted by Crippen LogP contribution is 2.33. The highest BCUT2D eigenvalue weighted by atomic mass is 16.7. The Kier molecular flexibility index (Phi) is 5.51. The fourth-order valence-electron chi connectivity index (χ4n) is 3.63. The van der Waals surface area contributed by atoms with Crippen LogP contribution in [0.15, 0.2) is 48.7 Å². The van der Waals surface area contributed by atoms with Gasteiger partial charge in [-0.3, -0.25) is 4.79 Å². The van der Waals surface area contributed by atoms with E-state index in [-0.39, 0.29) is 12.7 Å². The van der Waals surface area contributed by atoms with E-state index in [1.807, 2.05) is 29.2 Å². The van der Waals surface area contributed by atoms with Crippen molar-refractivity contribution in [3.8, 4) is 11.5 Å². The SMILES string of the molecule is CCCCC(=O)N(CCc1c[nH]c2ccccc12)Cc1ccc2c(c1)OCO2. The van der Waals surface area contributed by atoms with Crippen molar-refractivity contribution in [2.45, 2.75) is 39.2 Å². The van der Waals surface area contributed by atoms with Crippen molar-refractivity contribution in [1.82, 2.24) is 9.88 Å². The van der Waals surface area contributed by atoms with Crippen LogP contribution in [0.4, 0.5) is 0 Å². The van der Waals surface area contributed by atoms with Gasteiger partial charge in [-0.15, -0.1) is 0 Å². The second-order valence-electron chi connectivity index (χ2n) is 7.22. The summed E-state index contributed by atoms with van der Waals surface area (Å²) >= 11 is 0. The third-order valence-electron chi connectivity index (χ3n) is 5.23. The lowest BCUT2D eigenvalue weighted by atomic mass is 10.1. The summed E-state index contributed by atoms with van der Waals surface area (Å²) in [7, 11) is 0. The molecule has 1 amide bonds. The van der Waals surface area contributed by atoms with Gasteiger partial charge < -0.3 is 19.4 Å². The number of aromatic amines is 1.